The fourth-order valence-corrected chi connectivity index (χ4v) is 5.05. The monoisotopic (exact) mass is 333 g/mol. The van der Waals surface area contributed by atoms with Gasteiger partial charge in [-0.2, -0.15) is 0 Å². The highest BCUT2D eigenvalue weighted by atomic mass is 16.2. The first kappa shape index (κ1) is 16.4. The maximum Gasteiger partial charge on any atom is 0.223 e. The second-order valence-corrected chi connectivity index (χ2v) is 7.87. The summed E-state index contributed by atoms with van der Waals surface area (Å²) < 4.78 is 0. The topological polar surface area (TPSA) is 20.3 Å². The normalized spacial score (nSPS) is 24.6. The molecule has 0 aromatic heterocycles. The van der Waals surface area contributed by atoms with Crippen molar-refractivity contribution in [3.05, 3.63) is 71.8 Å². The van der Waals surface area contributed by atoms with E-state index in [4.69, 9.17) is 0 Å². The number of fused-ring (bicyclic) bond motifs is 2. The second-order valence-electron chi connectivity index (χ2n) is 7.87. The molecule has 0 N–H and O–H groups in total. The van der Waals surface area contributed by atoms with Crippen LogP contribution in [0, 0.1) is 17.8 Å². The lowest BCUT2D eigenvalue weighted by Crippen LogP contribution is -2.34. The van der Waals surface area contributed by atoms with Gasteiger partial charge in [-0.15, -0.1) is 0 Å². The molecule has 0 spiro atoms. The minimum atomic E-state index is -0.00603. The van der Waals surface area contributed by atoms with Crippen LogP contribution in [-0.2, 0) is 4.79 Å². The summed E-state index contributed by atoms with van der Waals surface area (Å²) in [5.74, 6) is 2.59. The molecule has 4 rings (SSSR count). The van der Waals surface area contributed by atoms with E-state index in [0.29, 0.717) is 12.3 Å². The number of hydrogen-bond acceptors (Lipinski definition) is 1. The van der Waals surface area contributed by atoms with E-state index in [9.17, 15) is 4.79 Å². The van der Waals surface area contributed by atoms with Gasteiger partial charge in [0.25, 0.3) is 0 Å². The summed E-state index contributed by atoms with van der Waals surface area (Å²) in [6.45, 7) is 0. The lowest BCUT2D eigenvalue weighted by molar-refractivity contribution is -0.132. The summed E-state index contributed by atoms with van der Waals surface area (Å²) in [6, 6.07) is 20.8. The van der Waals surface area contributed by atoms with Crippen molar-refractivity contribution in [2.75, 3.05) is 7.05 Å². The van der Waals surface area contributed by atoms with Crippen LogP contribution in [0.3, 0.4) is 0 Å². The zero-order chi connectivity index (χ0) is 17.2. The molecule has 2 fully saturated rings. The van der Waals surface area contributed by atoms with Gasteiger partial charge in [0.05, 0.1) is 6.04 Å². The Kier molecular flexibility index (Phi) is 4.61. The average molecular weight is 333 g/mol. The lowest BCUT2D eigenvalue weighted by atomic mass is 9.86. The SMILES string of the molecule is CN(C(=O)C[C@@H]1C[C@H]2CC[C@H]1C2)C(c1ccccc1)c1ccccc1. The van der Waals surface area contributed by atoms with Crippen LogP contribution in [0.5, 0.6) is 0 Å². The fraction of sp³-hybridized carbons (Fsp3) is 0.435. The molecule has 0 unspecified atom stereocenters. The van der Waals surface area contributed by atoms with Gasteiger partial charge < -0.3 is 4.90 Å². The molecule has 0 radical (unpaired) electrons. The van der Waals surface area contributed by atoms with Crippen LogP contribution >= 0.6 is 0 Å². The second kappa shape index (κ2) is 7.03. The number of rotatable bonds is 5. The Morgan fingerprint density at radius 1 is 0.960 bits per heavy atom. The van der Waals surface area contributed by atoms with Gasteiger partial charge in [0, 0.05) is 13.5 Å². The molecule has 130 valence electrons. The molecule has 1 amide bonds. The quantitative estimate of drug-likeness (QED) is 0.749. The number of nitrogens with zero attached hydrogens (tertiary/aromatic N) is 1. The van der Waals surface area contributed by atoms with Crippen molar-refractivity contribution in [2.24, 2.45) is 17.8 Å². The third-order valence-corrected chi connectivity index (χ3v) is 6.33. The van der Waals surface area contributed by atoms with E-state index >= 15 is 0 Å². The lowest BCUT2D eigenvalue weighted by Gasteiger charge is -2.31. The van der Waals surface area contributed by atoms with E-state index in [1.54, 1.807) is 0 Å². The predicted octanol–water partition coefficient (Wildman–Crippen LogP) is 5.06. The van der Waals surface area contributed by atoms with Crippen molar-refractivity contribution in [1.82, 2.24) is 4.90 Å². The van der Waals surface area contributed by atoms with Crippen molar-refractivity contribution in [1.29, 1.82) is 0 Å². The number of hydrogen-bond donors (Lipinski definition) is 0. The Morgan fingerprint density at radius 2 is 1.56 bits per heavy atom. The summed E-state index contributed by atoms with van der Waals surface area (Å²) in [5, 5.41) is 0. The molecule has 3 atom stereocenters. The Morgan fingerprint density at radius 3 is 2.04 bits per heavy atom. The summed E-state index contributed by atoms with van der Waals surface area (Å²) in [6.07, 6.45) is 6.08. The van der Waals surface area contributed by atoms with Gasteiger partial charge in [0.15, 0.2) is 0 Å². The molecule has 2 saturated carbocycles. The molecule has 2 aliphatic carbocycles. The van der Waals surface area contributed by atoms with E-state index in [2.05, 4.69) is 48.5 Å². The molecular formula is C23H27NO. The van der Waals surface area contributed by atoms with Crippen molar-refractivity contribution < 1.29 is 4.79 Å². The number of carbonyl (C=O) groups is 1. The van der Waals surface area contributed by atoms with E-state index in [1.165, 1.54) is 36.8 Å². The van der Waals surface area contributed by atoms with Crippen molar-refractivity contribution in [3.8, 4) is 0 Å². The van der Waals surface area contributed by atoms with Gasteiger partial charge in [0.1, 0.15) is 0 Å². The van der Waals surface area contributed by atoms with Crippen LogP contribution < -0.4 is 0 Å². The van der Waals surface area contributed by atoms with E-state index < -0.39 is 0 Å². The van der Waals surface area contributed by atoms with Gasteiger partial charge in [0.2, 0.25) is 5.91 Å². The number of amides is 1. The molecule has 2 aromatic rings. The first-order valence-corrected chi connectivity index (χ1v) is 9.58. The molecule has 2 aliphatic rings. The molecule has 0 aliphatic heterocycles. The zero-order valence-electron chi connectivity index (χ0n) is 15.0. The van der Waals surface area contributed by atoms with E-state index in [-0.39, 0.29) is 11.9 Å². The fourth-order valence-electron chi connectivity index (χ4n) is 5.05. The summed E-state index contributed by atoms with van der Waals surface area (Å²) in [4.78, 5) is 15.1. The van der Waals surface area contributed by atoms with Crippen LogP contribution in [0.4, 0.5) is 0 Å². The minimum absolute atomic E-state index is 0.00603. The number of benzene rings is 2. The molecule has 2 nitrogen and oxygen atoms in total. The first-order chi connectivity index (χ1) is 12.2. The summed E-state index contributed by atoms with van der Waals surface area (Å²) >= 11 is 0. The van der Waals surface area contributed by atoms with Crippen LogP contribution in [0.2, 0.25) is 0 Å². The van der Waals surface area contributed by atoms with E-state index in [1.807, 2.05) is 24.1 Å². The van der Waals surface area contributed by atoms with Crippen molar-refractivity contribution in [3.63, 3.8) is 0 Å². The molecule has 2 heteroatoms. The van der Waals surface area contributed by atoms with E-state index in [0.717, 1.165) is 11.8 Å². The predicted molar refractivity (Wildman–Crippen MR) is 101 cm³/mol. The molecule has 0 saturated heterocycles. The third kappa shape index (κ3) is 3.35. The van der Waals surface area contributed by atoms with Gasteiger partial charge in [-0.05, 0) is 48.1 Å². The Bertz CT molecular complexity index is 672. The molecule has 0 heterocycles. The Labute approximate surface area is 150 Å². The third-order valence-electron chi connectivity index (χ3n) is 6.33. The smallest absolute Gasteiger partial charge is 0.223 e. The minimum Gasteiger partial charge on any atom is -0.335 e. The first-order valence-electron chi connectivity index (χ1n) is 9.58. The van der Waals surface area contributed by atoms with Gasteiger partial charge >= 0.3 is 0 Å². The van der Waals surface area contributed by atoms with Gasteiger partial charge in [-0.25, -0.2) is 0 Å². The average Bonchev–Trinajstić information content (AvgIpc) is 3.27. The molecular weight excluding hydrogens is 306 g/mol. The van der Waals surface area contributed by atoms with Crippen LogP contribution in [0.15, 0.2) is 60.7 Å². The highest BCUT2D eigenvalue weighted by molar-refractivity contribution is 5.77. The standard InChI is InChI=1S/C23H27NO/c1-24(22(25)16-21-15-17-12-13-20(21)14-17)23(18-8-4-2-5-9-18)19-10-6-3-7-11-19/h2-11,17,20-21,23H,12-16H2,1H3/t17-,20-,21-/m0/s1. The highest BCUT2D eigenvalue weighted by Gasteiger charge is 2.40. The van der Waals surface area contributed by atoms with Crippen LogP contribution in [0.1, 0.15) is 49.3 Å². The number of carbonyl (C=O) groups excluding carboxylic acids is 1. The van der Waals surface area contributed by atoms with Crippen LogP contribution in [0.25, 0.3) is 0 Å². The summed E-state index contributed by atoms with van der Waals surface area (Å²) in [7, 11) is 1.97. The summed E-state index contributed by atoms with van der Waals surface area (Å²) in [5.41, 5.74) is 2.36. The van der Waals surface area contributed by atoms with Crippen molar-refractivity contribution in [2.45, 2.75) is 38.1 Å². The zero-order valence-corrected chi connectivity index (χ0v) is 15.0. The maximum atomic E-state index is 13.1. The Hall–Kier alpha value is -2.09. The van der Waals surface area contributed by atoms with Gasteiger partial charge in [-0.1, -0.05) is 67.1 Å². The maximum absolute atomic E-state index is 13.1. The van der Waals surface area contributed by atoms with Gasteiger partial charge in [-0.3, -0.25) is 4.79 Å². The molecule has 25 heavy (non-hydrogen) atoms. The largest absolute Gasteiger partial charge is 0.335 e. The van der Waals surface area contributed by atoms with Crippen LogP contribution in [-0.4, -0.2) is 17.9 Å². The van der Waals surface area contributed by atoms with Crippen molar-refractivity contribution >= 4 is 5.91 Å². The molecule has 2 bridgehead atoms. The highest BCUT2D eigenvalue weighted by Crippen LogP contribution is 2.49. The molecule has 2 aromatic carbocycles. The Balaban J connectivity index is 1.55.